The number of benzene rings is 2. The van der Waals surface area contributed by atoms with Gasteiger partial charge in [-0.3, -0.25) is 0 Å². The summed E-state index contributed by atoms with van der Waals surface area (Å²) in [6.45, 7) is 1.92. The maximum Gasteiger partial charge on any atom is 0.184 e. The van der Waals surface area contributed by atoms with Crippen molar-refractivity contribution in [1.29, 1.82) is 10.5 Å². The summed E-state index contributed by atoms with van der Waals surface area (Å²) >= 11 is 5.81. The fourth-order valence-corrected chi connectivity index (χ4v) is 5.38. The van der Waals surface area contributed by atoms with Crippen LogP contribution in [0.15, 0.2) is 53.4 Å². The molecule has 1 saturated carbocycles. The molecule has 6 heteroatoms. The van der Waals surface area contributed by atoms with Crippen LogP contribution >= 0.6 is 11.6 Å². The van der Waals surface area contributed by atoms with Crippen molar-refractivity contribution < 1.29 is 8.42 Å². The van der Waals surface area contributed by atoms with Crippen molar-refractivity contribution in [2.75, 3.05) is 0 Å². The number of nitriles is 2. The molecule has 24 heavy (non-hydrogen) atoms. The third kappa shape index (κ3) is 2.38. The minimum Gasteiger partial charge on any atom is -0.223 e. The van der Waals surface area contributed by atoms with E-state index in [2.05, 4.69) is 0 Å². The molecule has 0 amide bonds. The van der Waals surface area contributed by atoms with Crippen LogP contribution in [0.3, 0.4) is 0 Å². The minimum absolute atomic E-state index is 0.0707. The Labute approximate surface area is 145 Å². The molecule has 3 rings (SSSR count). The van der Waals surface area contributed by atoms with Gasteiger partial charge in [-0.25, -0.2) is 8.42 Å². The molecule has 1 aliphatic rings. The summed E-state index contributed by atoms with van der Waals surface area (Å²) in [4.78, 5) is 0.0707. The second-order valence-electron chi connectivity index (χ2n) is 5.90. The first-order chi connectivity index (χ1) is 11.4. The average molecular weight is 357 g/mol. The van der Waals surface area contributed by atoms with Crippen LogP contribution in [0.1, 0.15) is 17.0 Å². The van der Waals surface area contributed by atoms with Gasteiger partial charge in [0.05, 0.1) is 17.0 Å². The topological polar surface area (TPSA) is 81.7 Å². The van der Waals surface area contributed by atoms with Gasteiger partial charge in [0, 0.05) is 10.9 Å². The Hall–Kier alpha value is -2.34. The normalized spacial score (nSPS) is 21.5. The third-order valence-electron chi connectivity index (χ3n) is 4.42. The number of rotatable bonds is 3. The summed E-state index contributed by atoms with van der Waals surface area (Å²) in [5.74, 6) is -0.659. The van der Waals surface area contributed by atoms with Crippen molar-refractivity contribution in [3.05, 3.63) is 64.7 Å². The minimum atomic E-state index is -3.83. The van der Waals surface area contributed by atoms with E-state index in [0.717, 1.165) is 5.56 Å². The average Bonchev–Trinajstić information content (AvgIpc) is 3.26. The molecule has 0 radical (unpaired) electrons. The lowest BCUT2D eigenvalue weighted by atomic mass is 10.0. The summed E-state index contributed by atoms with van der Waals surface area (Å²) in [6.07, 6.45) is 0. The van der Waals surface area contributed by atoms with Crippen molar-refractivity contribution in [1.82, 2.24) is 0 Å². The lowest BCUT2D eigenvalue weighted by molar-refractivity contribution is 0.591. The molecule has 2 aromatic carbocycles. The fraction of sp³-hybridized carbons (Fsp3) is 0.222. The van der Waals surface area contributed by atoms with E-state index in [9.17, 15) is 18.9 Å². The van der Waals surface area contributed by atoms with Crippen LogP contribution in [0.2, 0.25) is 5.02 Å². The lowest BCUT2D eigenvalue weighted by Crippen LogP contribution is -2.14. The predicted octanol–water partition coefficient (Wildman–Crippen LogP) is 3.62. The monoisotopic (exact) mass is 356 g/mol. The number of nitrogens with zero attached hydrogens (tertiary/aromatic N) is 2. The highest BCUT2D eigenvalue weighted by molar-refractivity contribution is 7.92. The van der Waals surface area contributed by atoms with E-state index < -0.39 is 26.4 Å². The van der Waals surface area contributed by atoms with Crippen LogP contribution in [0.5, 0.6) is 0 Å². The Bertz CT molecular complexity index is 954. The van der Waals surface area contributed by atoms with Crippen LogP contribution in [0.25, 0.3) is 0 Å². The van der Waals surface area contributed by atoms with E-state index >= 15 is 0 Å². The van der Waals surface area contributed by atoms with E-state index in [1.807, 2.05) is 31.2 Å². The van der Waals surface area contributed by atoms with Crippen LogP contribution in [-0.2, 0) is 9.84 Å². The first-order valence-electron chi connectivity index (χ1n) is 7.25. The third-order valence-corrected chi connectivity index (χ3v) is 6.91. The van der Waals surface area contributed by atoms with Gasteiger partial charge in [0.2, 0.25) is 0 Å². The number of halogens is 1. The standard InChI is InChI=1S/C18H13ClN2O2S/c1-12-2-4-13(5-3-12)16-17(18(16,10-20)11-21)24(22,23)15-8-6-14(19)7-9-15/h2-9,16-17H,1H3/t16-,17+/m1/s1. The molecule has 1 fully saturated rings. The molecule has 0 aliphatic heterocycles. The maximum absolute atomic E-state index is 12.9. The highest BCUT2D eigenvalue weighted by Crippen LogP contribution is 2.63. The van der Waals surface area contributed by atoms with Crippen LogP contribution in [-0.4, -0.2) is 13.7 Å². The first kappa shape index (κ1) is 16.5. The van der Waals surface area contributed by atoms with E-state index in [0.29, 0.717) is 10.6 Å². The van der Waals surface area contributed by atoms with E-state index in [1.165, 1.54) is 24.3 Å². The van der Waals surface area contributed by atoms with E-state index in [1.54, 1.807) is 12.1 Å². The summed E-state index contributed by atoms with van der Waals surface area (Å²) < 4.78 is 25.9. The summed E-state index contributed by atoms with van der Waals surface area (Å²) in [5.41, 5.74) is 0.149. The first-order valence-corrected chi connectivity index (χ1v) is 9.18. The van der Waals surface area contributed by atoms with Gasteiger partial charge in [-0.1, -0.05) is 41.4 Å². The Morgan fingerprint density at radius 1 is 1.00 bits per heavy atom. The largest absolute Gasteiger partial charge is 0.223 e. The second kappa shape index (κ2) is 5.63. The van der Waals surface area contributed by atoms with Gasteiger partial charge >= 0.3 is 0 Å². The molecule has 0 saturated heterocycles. The molecule has 0 N–H and O–H groups in total. The summed E-state index contributed by atoms with van der Waals surface area (Å²) in [7, 11) is -3.83. The number of aryl methyl sites for hydroxylation is 1. The zero-order chi connectivity index (χ0) is 17.5. The van der Waals surface area contributed by atoms with Gasteiger partial charge in [-0.2, -0.15) is 10.5 Å². The molecule has 0 heterocycles. The van der Waals surface area contributed by atoms with Gasteiger partial charge in [0.15, 0.2) is 15.3 Å². The molecule has 0 spiro atoms. The molecule has 2 aromatic rings. The molecule has 0 bridgehead atoms. The fourth-order valence-electron chi connectivity index (χ4n) is 3.05. The van der Waals surface area contributed by atoms with Crippen molar-refractivity contribution >= 4 is 21.4 Å². The van der Waals surface area contributed by atoms with Crippen molar-refractivity contribution in [3.8, 4) is 12.1 Å². The molecular formula is C18H13ClN2O2S. The Kier molecular flexibility index (Phi) is 3.87. The lowest BCUT2D eigenvalue weighted by Gasteiger charge is -2.04. The molecule has 4 nitrogen and oxygen atoms in total. The Balaban J connectivity index is 2.09. The highest BCUT2D eigenvalue weighted by atomic mass is 35.5. The van der Waals surface area contributed by atoms with E-state index in [-0.39, 0.29) is 4.90 Å². The second-order valence-corrected chi connectivity index (χ2v) is 8.41. The van der Waals surface area contributed by atoms with Gasteiger partial charge in [-0.15, -0.1) is 0 Å². The predicted molar refractivity (Wildman–Crippen MR) is 90.0 cm³/mol. The number of sulfone groups is 1. The van der Waals surface area contributed by atoms with E-state index in [4.69, 9.17) is 11.6 Å². The molecule has 0 aromatic heterocycles. The van der Waals surface area contributed by atoms with Gasteiger partial charge < -0.3 is 0 Å². The molecule has 2 atom stereocenters. The molecule has 120 valence electrons. The number of hydrogen-bond acceptors (Lipinski definition) is 4. The SMILES string of the molecule is Cc1ccc([C@@H]2[C@H](S(=O)(=O)c3ccc(Cl)cc3)C2(C#N)C#N)cc1. The summed E-state index contributed by atoms with van der Waals surface area (Å²) in [5, 5.41) is 18.4. The Morgan fingerprint density at radius 3 is 2.04 bits per heavy atom. The van der Waals surface area contributed by atoms with Gasteiger partial charge in [-0.05, 0) is 36.8 Å². The molecule has 0 unspecified atom stereocenters. The molecule has 1 aliphatic carbocycles. The Morgan fingerprint density at radius 2 is 1.54 bits per heavy atom. The highest BCUT2D eigenvalue weighted by Gasteiger charge is 2.73. The maximum atomic E-state index is 12.9. The quantitative estimate of drug-likeness (QED) is 0.840. The van der Waals surface area contributed by atoms with Crippen LogP contribution in [0.4, 0.5) is 0 Å². The number of hydrogen-bond donors (Lipinski definition) is 0. The zero-order valence-corrected chi connectivity index (χ0v) is 14.3. The smallest absolute Gasteiger partial charge is 0.184 e. The van der Waals surface area contributed by atoms with Crippen molar-refractivity contribution in [2.45, 2.75) is 23.0 Å². The van der Waals surface area contributed by atoms with Crippen LogP contribution < -0.4 is 0 Å². The van der Waals surface area contributed by atoms with Crippen molar-refractivity contribution in [3.63, 3.8) is 0 Å². The molecular weight excluding hydrogens is 344 g/mol. The zero-order valence-electron chi connectivity index (χ0n) is 12.8. The van der Waals surface area contributed by atoms with Gasteiger partial charge in [0.1, 0.15) is 5.25 Å². The van der Waals surface area contributed by atoms with Crippen LogP contribution in [0, 0.1) is 35.0 Å². The van der Waals surface area contributed by atoms with Crippen molar-refractivity contribution in [2.24, 2.45) is 5.41 Å². The van der Waals surface area contributed by atoms with Gasteiger partial charge in [0.25, 0.3) is 0 Å². The summed E-state index contributed by atoms with van der Waals surface area (Å²) in [6, 6.07) is 16.9.